The third-order valence-electron chi connectivity index (χ3n) is 2.72. The molecule has 0 saturated carbocycles. The minimum Gasteiger partial charge on any atom is -0.323 e. The molecule has 0 bridgehead atoms. The second kappa shape index (κ2) is 5.27. The van der Waals surface area contributed by atoms with Crippen LogP contribution in [0.1, 0.15) is 31.1 Å². The van der Waals surface area contributed by atoms with Crippen LogP contribution in [-0.4, -0.2) is 26.5 Å². The monoisotopic (exact) mass is 269 g/mol. The summed E-state index contributed by atoms with van der Waals surface area (Å²) in [6.45, 7) is 4.15. The molecule has 2 atom stereocenters. The predicted molar refractivity (Wildman–Crippen MR) is 74.9 cm³/mol. The molecule has 0 amide bonds. The first-order valence-corrected chi connectivity index (χ1v) is 7.43. The molecule has 17 heavy (non-hydrogen) atoms. The first kappa shape index (κ1) is 12.7. The van der Waals surface area contributed by atoms with Crippen LogP contribution in [0.5, 0.6) is 0 Å². The number of hydrogen-bond donors (Lipinski definition) is 0. The van der Waals surface area contributed by atoms with Crippen molar-refractivity contribution in [2.75, 3.05) is 12.0 Å². The summed E-state index contributed by atoms with van der Waals surface area (Å²) < 4.78 is 2.23. The number of hydrogen-bond acceptors (Lipinski definition) is 3. The Bertz CT molecular complexity index is 509. The highest BCUT2D eigenvalue weighted by molar-refractivity contribution is 7.98. The van der Waals surface area contributed by atoms with Gasteiger partial charge in [0.15, 0.2) is 0 Å². The molecule has 0 aromatic carbocycles. The van der Waals surface area contributed by atoms with Crippen LogP contribution >= 0.6 is 23.4 Å². The Labute approximate surface area is 111 Å². The predicted octanol–water partition coefficient (Wildman–Crippen LogP) is 3.66. The van der Waals surface area contributed by atoms with E-state index in [1.165, 1.54) is 0 Å². The van der Waals surface area contributed by atoms with Crippen LogP contribution in [0.15, 0.2) is 18.5 Å². The summed E-state index contributed by atoms with van der Waals surface area (Å²) in [5.74, 6) is 1.97. The van der Waals surface area contributed by atoms with Gasteiger partial charge in [-0.05, 0) is 26.2 Å². The van der Waals surface area contributed by atoms with Crippen molar-refractivity contribution in [3.63, 3.8) is 0 Å². The number of pyridine rings is 1. The maximum atomic E-state index is 6.21. The molecular formula is C12H16ClN3S. The van der Waals surface area contributed by atoms with Gasteiger partial charge in [0.1, 0.15) is 11.3 Å². The second-order valence-corrected chi connectivity index (χ2v) is 5.69. The molecule has 0 N–H and O–H groups in total. The molecule has 2 aromatic rings. The Kier molecular flexibility index (Phi) is 3.94. The minimum absolute atomic E-state index is 0.0910. The van der Waals surface area contributed by atoms with Crippen LogP contribution in [-0.2, 0) is 0 Å². The molecule has 0 saturated heterocycles. The van der Waals surface area contributed by atoms with Gasteiger partial charge in [0, 0.05) is 18.0 Å². The fourth-order valence-electron chi connectivity index (χ4n) is 2.03. The molecule has 2 heterocycles. The first-order chi connectivity index (χ1) is 8.15. The summed E-state index contributed by atoms with van der Waals surface area (Å²) in [4.78, 5) is 8.68. The quantitative estimate of drug-likeness (QED) is 0.794. The number of alkyl halides is 1. The third-order valence-corrected chi connectivity index (χ3v) is 3.73. The number of rotatable bonds is 4. The van der Waals surface area contributed by atoms with Crippen LogP contribution < -0.4 is 0 Å². The van der Waals surface area contributed by atoms with Crippen molar-refractivity contribution in [3.8, 4) is 0 Å². The summed E-state index contributed by atoms with van der Waals surface area (Å²) in [5, 5.41) is -0.0910. The molecule has 0 aliphatic rings. The van der Waals surface area contributed by atoms with E-state index in [0.29, 0.717) is 6.04 Å². The molecule has 2 aromatic heterocycles. The third kappa shape index (κ3) is 2.43. The van der Waals surface area contributed by atoms with Gasteiger partial charge < -0.3 is 4.57 Å². The van der Waals surface area contributed by atoms with E-state index in [0.717, 1.165) is 22.6 Å². The highest BCUT2D eigenvalue weighted by atomic mass is 35.5. The zero-order valence-electron chi connectivity index (χ0n) is 10.2. The number of fused-ring (bicyclic) bond motifs is 1. The largest absolute Gasteiger partial charge is 0.323 e. The van der Waals surface area contributed by atoms with Gasteiger partial charge in [-0.15, -0.1) is 11.6 Å². The van der Waals surface area contributed by atoms with Crippen molar-refractivity contribution in [1.82, 2.24) is 14.5 Å². The fourth-order valence-corrected chi connectivity index (χ4v) is 2.81. The van der Waals surface area contributed by atoms with Crippen molar-refractivity contribution < 1.29 is 0 Å². The molecular weight excluding hydrogens is 254 g/mol. The number of aromatic nitrogens is 3. The van der Waals surface area contributed by atoms with Gasteiger partial charge in [0.05, 0.1) is 17.1 Å². The minimum atomic E-state index is -0.0910. The van der Waals surface area contributed by atoms with Gasteiger partial charge in [-0.3, -0.25) is 4.98 Å². The van der Waals surface area contributed by atoms with E-state index < -0.39 is 0 Å². The summed E-state index contributed by atoms with van der Waals surface area (Å²) in [7, 11) is 0. The average Bonchev–Trinajstić information content (AvgIpc) is 2.68. The maximum absolute atomic E-state index is 6.21. The lowest BCUT2D eigenvalue weighted by molar-refractivity contribution is 0.593. The van der Waals surface area contributed by atoms with E-state index in [-0.39, 0.29) is 5.38 Å². The topological polar surface area (TPSA) is 30.7 Å². The van der Waals surface area contributed by atoms with Crippen LogP contribution in [0.4, 0.5) is 0 Å². The second-order valence-electron chi connectivity index (χ2n) is 4.12. The molecule has 0 radical (unpaired) electrons. The molecule has 3 nitrogen and oxygen atoms in total. The van der Waals surface area contributed by atoms with Crippen LogP contribution in [0, 0.1) is 0 Å². The SMILES string of the molecule is CSCC(C)n1c(C(C)Cl)nc2cnccc21. The molecule has 5 heteroatoms. The van der Waals surface area contributed by atoms with Gasteiger partial charge >= 0.3 is 0 Å². The van der Waals surface area contributed by atoms with Crippen molar-refractivity contribution >= 4 is 34.4 Å². The van der Waals surface area contributed by atoms with Gasteiger partial charge in [0.25, 0.3) is 0 Å². The lowest BCUT2D eigenvalue weighted by Gasteiger charge is -2.17. The highest BCUT2D eigenvalue weighted by Gasteiger charge is 2.18. The summed E-state index contributed by atoms with van der Waals surface area (Å²) in [5.41, 5.74) is 2.03. The standard InChI is InChI=1S/C12H16ClN3S/c1-8(7-17-3)16-11-4-5-14-6-10(11)15-12(16)9(2)13/h4-6,8-9H,7H2,1-3H3. The Balaban J connectivity index is 2.59. The number of halogens is 1. The Morgan fingerprint density at radius 2 is 2.24 bits per heavy atom. The Hall–Kier alpha value is -0.740. The normalized spacial score (nSPS) is 15.1. The van der Waals surface area contributed by atoms with Crippen LogP contribution in [0.3, 0.4) is 0 Å². The van der Waals surface area contributed by atoms with E-state index >= 15 is 0 Å². The molecule has 2 rings (SSSR count). The Morgan fingerprint density at radius 1 is 1.47 bits per heavy atom. The van der Waals surface area contributed by atoms with E-state index in [9.17, 15) is 0 Å². The summed E-state index contributed by atoms with van der Waals surface area (Å²) in [6.07, 6.45) is 5.70. The smallest absolute Gasteiger partial charge is 0.128 e. The van der Waals surface area contributed by atoms with Crippen LogP contribution in [0.25, 0.3) is 11.0 Å². The van der Waals surface area contributed by atoms with Gasteiger partial charge in [-0.2, -0.15) is 11.8 Å². The van der Waals surface area contributed by atoms with E-state index in [2.05, 4.69) is 27.7 Å². The molecule has 0 aliphatic carbocycles. The Morgan fingerprint density at radius 3 is 2.88 bits per heavy atom. The molecule has 92 valence electrons. The van der Waals surface area contributed by atoms with E-state index in [1.807, 2.05) is 24.8 Å². The maximum Gasteiger partial charge on any atom is 0.128 e. The first-order valence-electron chi connectivity index (χ1n) is 5.60. The van der Waals surface area contributed by atoms with Crippen LogP contribution in [0.2, 0.25) is 0 Å². The number of imidazole rings is 1. The molecule has 0 fully saturated rings. The zero-order chi connectivity index (χ0) is 12.4. The summed E-state index contributed by atoms with van der Waals surface area (Å²) >= 11 is 8.04. The molecule has 0 aliphatic heterocycles. The lowest BCUT2D eigenvalue weighted by atomic mass is 10.3. The molecule has 2 unspecified atom stereocenters. The van der Waals surface area contributed by atoms with Gasteiger partial charge in [-0.1, -0.05) is 0 Å². The van der Waals surface area contributed by atoms with Gasteiger partial charge in [0.2, 0.25) is 0 Å². The number of nitrogens with zero attached hydrogens (tertiary/aromatic N) is 3. The van der Waals surface area contributed by atoms with Crippen molar-refractivity contribution in [2.45, 2.75) is 25.3 Å². The van der Waals surface area contributed by atoms with E-state index in [1.54, 1.807) is 12.4 Å². The zero-order valence-corrected chi connectivity index (χ0v) is 11.8. The fraction of sp³-hybridized carbons (Fsp3) is 0.500. The number of thioether (sulfide) groups is 1. The van der Waals surface area contributed by atoms with Crippen molar-refractivity contribution in [2.24, 2.45) is 0 Å². The van der Waals surface area contributed by atoms with E-state index in [4.69, 9.17) is 11.6 Å². The lowest BCUT2D eigenvalue weighted by Crippen LogP contribution is -2.11. The highest BCUT2D eigenvalue weighted by Crippen LogP contribution is 2.28. The van der Waals surface area contributed by atoms with Gasteiger partial charge in [-0.25, -0.2) is 4.98 Å². The van der Waals surface area contributed by atoms with Crippen molar-refractivity contribution in [3.05, 3.63) is 24.3 Å². The van der Waals surface area contributed by atoms with Crippen molar-refractivity contribution in [1.29, 1.82) is 0 Å². The summed E-state index contributed by atoms with van der Waals surface area (Å²) in [6, 6.07) is 2.38. The molecule has 0 spiro atoms. The average molecular weight is 270 g/mol.